The van der Waals surface area contributed by atoms with Crippen molar-refractivity contribution in [3.63, 3.8) is 0 Å². The summed E-state index contributed by atoms with van der Waals surface area (Å²) < 4.78 is 5.26. The summed E-state index contributed by atoms with van der Waals surface area (Å²) in [6.45, 7) is 5.63. The average molecular weight is 289 g/mol. The zero-order chi connectivity index (χ0) is 15.1. The summed E-state index contributed by atoms with van der Waals surface area (Å²) in [5.41, 5.74) is 1.44. The van der Waals surface area contributed by atoms with Crippen LogP contribution < -0.4 is 10.1 Å². The van der Waals surface area contributed by atoms with Crippen LogP contribution in [0.2, 0.25) is 0 Å². The second-order valence-corrected chi connectivity index (χ2v) is 6.77. The van der Waals surface area contributed by atoms with E-state index in [0.717, 1.165) is 24.1 Å². The van der Waals surface area contributed by atoms with Gasteiger partial charge in [0.25, 0.3) is 0 Å². The highest BCUT2D eigenvalue weighted by Crippen LogP contribution is 2.32. The zero-order valence-electron chi connectivity index (χ0n) is 13.9. The van der Waals surface area contributed by atoms with Crippen molar-refractivity contribution < 1.29 is 4.74 Å². The topological polar surface area (TPSA) is 21.3 Å². The van der Waals surface area contributed by atoms with Crippen LogP contribution >= 0.6 is 0 Å². The largest absolute Gasteiger partial charge is 0.497 e. The molecule has 21 heavy (non-hydrogen) atoms. The Morgan fingerprint density at radius 1 is 1.10 bits per heavy atom. The van der Waals surface area contributed by atoms with Crippen LogP contribution in [0.3, 0.4) is 0 Å². The third-order valence-electron chi connectivity index (χ3n) is 4.76. The lowest BCUT2D eigenvalue weighted by Gasteiger charge is -2.31. The molecule has 0 aliphatic heterocycles. The number of rotatable bonds is 7. The standard InChI is InChI=1S/C19H31NO/c1-15(2)20-14-18(17-7-5-4-6-8-17)13-16-9-11-19(21-3)12-10-16/h9-12,15,17-18,20H,4-8,13-14H2,1-3H3. The minimum Gasteiger partial charge on any atom is -0.497 e. The van der Waals surface area contributed by atoms with E-state index < -0.39 is 0 Å². The van der Waals surface area contributed by atoms with Crippen LogP contribution in [-0.4, -0.2) is 19.7 Å². The van der Waals surface area contributed by atoms with Crippen LogP contribution in [0, 0.1) is 11.8 Å². The molecule has 1 atom stereocenters. The zero-order valence-corrected chi connectivity index (χ0v) is 13.9. The molecule has 0 aromatic heterocycles. The molecule has 1 fully saturated rings. The Bertz CT molecular complexity index is 393. The molecular formula is C19H31NO. The summed E-state index contributed by atoms with van der Waals surface area (Å²) in [6, 6.07) is 9.20. The molecule has 0 heterocycles. The van der Waals surface area contributed by atoms with E-state index >= 15 is 0 Å². The lowest BCUT2D eigenvalue weighted by atomic mass is 9.77. The molecular weight excluding hydrogens is 258 g/mol. The number of nitrogens with one attached hydrogen (secondary N) is 1. The summed E-state index contributed by atoms with van der Waals surface area (Å²) in [4.78, 5) is 0. The molecule has 118 valence electrons. The molecule has 0 bridgehead atoms. The van der Waals surface area contributed by atoms with Gasteiger partial charge in [-0.25, -0.2) is 0 Å². The number of ether oxygens (including phenoxy) is 1. The van der Waals surface area contributed by atoms with Crippen LogP contribution in [0.15, 0.2) is 24.3 Å². The van der Waals surface area contributed by atoms with Crippen molar-refractivity contribution in [1.29, 1.82) is 0 Å². The normalized spacial score (nSPS) is 17.9. The summed E-state index contributed by atoms with van der Waals surface area (Å²) >= 11 is 0. The van der Waals surface area contributed by atoms with Gasteiger partial charge in [-0.1, -0.05) is 58.1 Å². The third-order valence-corrected chi connectivity index (χ3v) is 4.76. The van der Waals surface area contributed by atoms with Gasteiger partial charge >= 0.3 is 0 Å². The van der Waals surface area contributed by atoms with Gasteiger partial charge < -0.3 is 10.1 Å². The van der Waals surface area contributed by atoms with Crippen molar-refractivity contribution in [2.75, 3.05) is 13.7 Å². The monoisotopic (exact) mass is 289 g/mol. The predicted octanol–water partition coefficient (Wildman–Crippen LogP) is 4.43. The predicted molar refractivity (Wildman–Crippen MR) is 89.9 cm³/mol. The highest BCUT2D eigenvalue weighted by molar-refractivity contribution is 5.27. The van der Waals surface area contributed by atoms with Gasteiger partial charge in [0.1, 0.15) is 5.75 Å². The minimum absolute atomic E-state index is 0.576. The van der Waals surface area contributed by atoms with Gasteiger partial charge in [-0.2, -0.15) is 0 Å². The molecule has 1 aromatic carbocycles. The fourth-order valence-corrected chi connectivity index (χ4v) is 3.46. The lowest BCUT2D eigenvalue weighted by Crippen LogP contribution is -2.34. The first-order chi connectivity index (χ1) is 10.2. The Kier molecular flexibility index (Phi) is 6.56. The van der Waals surface area contributed by atoms with Crippen molar-refractivity contribution in [3.05, 3.63) is 29.8 Å². The van der Waals surface area contributed by atoms with E-state index in [4.69, 9.17) is 4.74 Å². The van der Waals surface area contributed by atoms with Crippen LogP contribution in [-0.2, 0) is 6.42 Å². The van der Waals surface area contributed by atoms with Crippen molar-refractivity contribution in [1.82, 2.24) is 5.32 Å². The van der Waals surface area contributed by atoms with E-state index in [9.17, 15) is 0 Å². The molecule has 2 heteroatoms. The number of benzene rings is 1. The molecule has 0 radical (unpaired) electrons. The quantitative estimate of drug-likeness (QED) is 0.801. The maximum atomic E-state index is 5.26. The van der Waals surface area contributed by atoms with E-state index in [1.54, 1.807) is 7.11 Å². The van der Waals surface area contributed by atoms with Crippen LogP contribution in [0.25, 0.3) is 0 Å². The number of hydrogen-bond donors (Lipinski definition) is 1. The van der Waals surface area contributed by atoms with Crippen molar-refractivity contribution >= 4 is 0 Å². The summed E-state index contributed by atoms with van der Waals surface area (Å²) in [5.74, 6) is 2.61. The smallest absolute Gasteiger partial charge is 0.118 e. The van der Waals surface area contributed by atoms with Gasteiger partial charge in [-0.3, -0.25) is 0 Å². The Hall–Kier alpha value is -1.02. The van der Waals surface area contributed by atoms with E-state index in [2.05, 4.69) is 43.4 Å². The second-order valence-electron chi connectivity index (χ2n) is 6.77. The Morgan fingerprint density at radius 2 is 1.76 bits per heavy atom. The Morgan fingerprint density at radius 3 is 2.33 bits per heavy atom. The number of hydrogen-bond acceptors (Lipinski definition) is 2. The summed E-state index contributed by atoms with van der Waals surface area (Å²) in [7, 11) is 1.73. The van der Waals surface area contributed by atoms with Gasteiger partial charge in [0, 0.05) is 6.04 Å². The van der Waals surface area contributed by atoms with Crippen LogP contribution in [0.1, 0.15) is 51.5 Å². The van der Waals surface area contributed by atoms with Gasteiger partial charge in [0.2, 0.25) is 0 Å². The van der Waals surface area contributed by atoms with Crippen LogP contribution in [0.4, 0.5) is 0 Å². The van der Waals surface area contributed by atoms with Gasteiger partial charge in [0.05, 0.1) is 7.11 Å². The lowest BCUT2D eigenvalue weighted by molar-refractivity contribution is 0.236. The van der Waals surface area contributed by atoms with Gasteiger partial charge in [-0.15, -0.1) is 0 Å². The third kappa shape index (κ3) is 5.35. The molecule has 1 aromatic rings. The van der Waals surface area contributed by atoms with Gasteiger partial charge in [-0.05, 0) is 42.5 Å². The molecule has 1 aliphatic carbocycles. The Balaban J connectivity index is 1.98. The maximum absolute atomic E-state index is 5.26. The molecule has 0 saturated heterocycles. The van der Waals surface area contributed by atoms with E-state index in [0.29, 0.717) is 6.04 Å². The number of methoxy groups -OCH3 is 1. The molecule has 1 saturated carbocycles. The van der Waals surface area contributed by atoms with Crippen molar-refractivity contribution in [3.8, 4) is 5.75 Å². The van der Waals surface area contributed by atoms with E-state index in [-0.39, 0.29) is 0 Å². The first kappa shape index (κ1) is 16.4. The Labute approximate surface area is 130 Å². The summed E-state index contributed by atoms with van der Waals surface area (Å²) in [6.07, 6.45) is 8.30. The van der Waals surface area contributed by atoms with E-state index in [1.807, 2.05) is 0 Å². The SMILES string of the molecule is COc1ccc(CC(CNC(C)C)C2CCCCC2)cc1. The average Bonchev–Trinajstić information content (AvgIpc) is 2.52. The fourth-order valence-electron chi connectivity index (χ4n) is 3.46. The first-order valence-corrected chi connectivity index (χ1v) is 8.55. The molecule has 1 aliphatic rings. The molecule has 2 nitrogen and oxygen atoms in total. The van der Waals surface area contributed by atoms with Crippen molar-refractivity contribution in [2.45, 2.75) is 58.4 Å². The maximum Gasteiger partial charge on any atom is 0.118 e. The highest BCUT2D eigenvalue weighted by atomic mass is 16.5. The fraction of sp³-hybridized carbons (Fsp3) is 0.684. The molecule has 0 amide bonds. The minimum atomic E-state index is 0.576. The first-order valence-electron chi connectivity index (χ1n) is 8.55. The second kappa shape index (κ2) is 8.43. The summed E-state index contributed by atoms with van der Waals surface area (Å²) in [5, 5.41) is 3.66. The van der Waals surface area contributed by atoms with Gasteiger partial charge in [0.15, 0.2) is 0 Å². The van der Waals surface area contributed by atoms with Crippen molar-refractivity contribution in [2.24, 2.45) is 11.8 Å². The molecule has 1 unspecified atom stereocenters. The molecule has 1 N–H and O–H groups in total. The molecule has 0 spiro atoms. The van der Waals surface area contributed by atoms with Crippen LogP contribution in [0.5, 0.6) is 5.75 Å². The molecule has 2 rings (SSSR count). The highest BCUT2D eigenvalue weighted by Gasteiger charge is 2.23. The van der Waals surface area contributed by atoms with E-state index in [1.165, 1.54) is 44.1 Å².